The Labute approximate surface area is 219 Å². The normalized spacial score (nSPS) is 21.5. The summed E-state index contributed by atoms with van der Waals surface area (Å²) in [4.78, 5) is 29.3. The molecule has 2 heterocycles. The van der Waals surface area contributed by atoms with Crippen molar-refractivity contribution in [3.05, 3.63) is 65.2 Å². The number of carboxylic acid groups (broad SMARTS) is 1. The van der Waals surface area contributed by atoms with Gasteiger partial charge >= 0.3 is 12.1 Å². The molecule has 0 radical (unpaired) electrons. The third-order valence-corrected chi connectivity index (χ3v) is 7.59. The second-order valence-electron chi connectivity index (χ2n) is 10.4. The Hall–Kier alpha value is -3.10. The third-order valence-electron chi connectivity index (χ3n) is 7.59. The molecule has 4 rings (SSSR count). The van der Waals surface area contributed by atoms with Gasteiger partial charge in [0.2, 0.25) is 0 Å². The Bertz CT molecular complexity index is 1040. The average molecular weight is 510 g/mol. The summed E-state index contributed by atoms with van der Waals surface area (Å²) in [5, 5.41) is 9.12. The van der Waals surface area contributed by atoms with Crippen LogP contribution in [0.25, 0.3) is 0 Å². The Balaban J connectivity index is 1.27. The molecule has 0 bridgehead atoms. The second-order valence-corrected chi connectivity index (χ2v) is 10.4. The van der Waals surface area contributed by atoms with E-state index in [9.17, 15) is 9.59 Å². The van der Waals surface area contributed by atoms with Gasteiger partial charge in [0.25, 0.3) is 0 Å². The minimum atomic E-state index is -0.828. The van der Waals surface area contributed by atoms with Crippen LogP contribution in [0.15, 0.2) is 48.5 Å². The minimum absolute atomic E-state index is 0.307. The molecule has 0 spiro atoms. The lowest BCUT2D eigenvalue weighted by Gasteiger charge is -2.44. The number of ether oxygens (including phenoxy) is 2. The van der Waals surface area contributed by atoms with Crippen LogP contribution >= 0.6 is 0 Å². The molecule has 0 aromatic heterocycles. The lowest BCUT2D eigenvalue weighted by atomic mass is 9.98. The van der Waals surface area contributed by atoms with Crippen molar-refractivity contribution in [3.8, 4) is 5.75 Å². The second kappa shape index (κ2) is 12.4. The van der Waals surface area contributed by atoms with E-state index in [0.29, 0.717) is 43.3 Å². The summed E-state index contributed by atoms with van der Waals surface area (Å²) in [5.74, 6) is 0.967. The maximum atomic E-state index is 11.7. The number of methoxy groups -OCH3 is 1. The van der Waals surface area contributed by atoms with Crippen LogP contribution in [0.5, 0.6) is 5.75 Å². The fraction of sp³-hybridized carbons (Fsp3) is 0.517. The van der Waals surface area contributed by atoms with E-state index in [4.69, 9.17) is 14.6 Å². The van der Waals surface area contributed by atoms with E-state index >= 15 is 0 Å². The zero-order chi connectivity index (χ0) is 26.4. The summed E-state index contributed by atoms with van der Waals surface area (Å²) >= 11 is 0. The molecular formula is C29H39N3O5. The molecule has 2 aromatic rings. The minimum Gasteiger partial charge on any atom is -0.493 e. The van der Waals surface area contributed by atoms with E-state index in [1.165, 1.54) is 23.1 Å². The van der Waals surface area contributed by atoms with Gasteiger partial charge in [-0.15, -0.1) is 0 Å². The predicted octanol–water partition coefficient (Wildman–Crippen LogP) is 4.34. The van der Waals surface area contributed by atoms with E-state index in [2.05, 4.69) is 41.8 Å². The van der Waals surface area contributed by atoms with Gasteiger partial charge in [-0.05, 0) is 68.0 Å². The largest absolute Gasteiger partial charge is 0.493 e. The molecule has 2 saturated heterocycles. The number of rotatable bonds is 8. The first kappa shape index (κ1) is 26.9. The van der Waals surface area contributed by atoms with Gasteiger partial charge in [-0.25, -0.2) is 9.59 Å². The molecule has 200 valence electrons. The SMILES string of the molecule is COC(=O)c1ccc(CN2C[C@@H](C)N(Cc3cccc(OCC4CCN(C(=O)O)CC4)c3)[C@@H](C)C2)cc1. The van der Waals surface area contributed by atoms with Crippen LogP contribution in [-0.2, 0) is 17.8 Å². The monoisotopic (exact) mass is 509 g/mol. The molecule has 0 saturated carbocycles. The van der Waals surface area contributed by atoms with Gasteiger partial charge in [-0.1, -0.05) is 24.3 Å². The molecule has 2 aliphatic heterocycles. The molecule has 2 aliphatic rings. The Morgan fingerprint density at radius 1 is 0.946 bits per heavy atom. The number of piperazine rings is 1. The van der Waals surface area contributed by atoms with Crippen LogP contribution in [0.4, 0.5) is 4.79 Å². The summed E-state index contributed by atoms with van der Waals surface area (Å²) in [6.45, 7) is 10.1. The average Bonchev–Trinajstić information content (AvgIpc) is 2.90. The quantitative estimate of drug-likeness (QED) is 0.530. The van der Waals surface area contributed by atoms with E-state index in [-0.39, 0.29) is 5.97 Å². The number of hydrogen-bond donors (Lipinski definition) is 1. The van der Waals surface area contributed by atoms with Gasteiger partial charge in [0.1, 0.15) is 5.75 Å². The standard InChI is InChI=1S/C29H39N3O5/c1-21-16-30(18-23-7-9-26(10-8-23)28(33)36-3)17-22(2)32(21)19-25-5-4-6-27(15-25)37-20-24-11-13-31(14-12-24)29(34)35/h4-10,15,21-22,24H,11-14,16-20H2,1-3H3,(H,34,35)/t21-,22+. The number of carbonyl (C=O) groups excluding carboxylic acids is 1. The van der Waals surface area contributed by atoms with Gasteiger partial charge in [0, 0.05) is 51.4 Å². The van der Waals surface area contributed by atoms with E-state index in [1.807, 2.05) is 30.3 Å². The summed E-state index contributed by atoms with van der Waals surface area (Å²) in [7, 11) is 1.40. The fourth-order valence-electron chi connectivity index (χ4n) is 5.48. The van der Waals surface area contributed by atoms with E-state index < -0.39 is 6.09 Å². The summed E-state index contributed by atoms with van der Waals surface area (Å²) < 4.78 is 10.9. The first-order valence-corrected chi connectivity index (χ1v) is 13.2. The van der Waals surface area contributed by atoms with Crippen LogP contribution in [0, 0.1) is 5.92 Å². The van der Waals surface area contributed by atoms with Crippen molar-refractivity contribution in [2.75, 3.05) is 39.9 Å². The van der Waals surface area contributed by atoms with Crippen molar-refractivity contribution in [1.29, 1.82) is 0 Å². The molecule has 2 aromatic carbocycles. The number of nitrogens with zero attached hydrogens (tertiary/aromatic N) is 3. The molecule has 0 aliphatic carbocycles. The lowest BCUT2D eigenvalue weighted by Crippen LogP contribution is -2.55. The number of piperidine rings is 1. The van der Waals surface area contributed by atoms with Crippen molar-refractivity contribution < 1.29 is 24.2 Å². The molecule has 2 atom stereocenters. The summed E-state index contributed by atoms with van der Waals surface area (Å²) in [6, 6.07) is 16.9. The van der Waals surface area contributed by atoms with Crippen LogP contribution in [0.2, 0.25) is 0 Å². The Kier molecular flexibility index (Phi) is 9.05. The number of carbonyl (C=O) groups is 2. The van der Waals surface area contributed by atoms with Crippen LogP contribution in [0.3, 0.4) is 0 Å². The number of likely N-dealkylation sites (tertiary alicyclic amines) is 1. The summed E-state index contributed by atoms with van der Waals surface area (Å²) in [6.07, 6.45) is 0.868. The van der Waals surface area contributed by atoms with Gasteiger partial charge in [-0.3, -0.25) is 9.80 Å². The zero-order valence-corrected chi connectivity index (χ0v) is 22.1. The highest BCUT2D eigenvalue weighted by Crippen LogP contribution is 2.24. The summed E-state index contributed by atoms with van der Waals surface area (Å²) in [5.41, 5.74) is 3.01. The molecule has 8 heteroatoms. The van der Waals surface area contributed by atoms with Crippen LogP contribution in [-0.4, -0.2) is 83.8 Å². The molecule has 37 heavy (non-hydrogen) atoms. The number of esters is 1. The molecule has 8 nitrogen and oxygen atoms in total. The molecular weight excluding hydrogens is 470 g/mol. The zero-order valence-electron chi connectivity index (χ0n) is 22.1. The van der Waals surface area contributed by atoms with Crippen molar-refractivity contribution >= 4 is 12.1 Å². The Morgan fingerprint density at radius 2 is 1.62 bits per heavy atom. The fourth-order valence-corrected chi connectivity index (χ4v) is 5.48. The first-order valence-electron chi connectivity index (χ1n) is 13.2. The topological polar surface area (TPSA) is 82.6 Å². The van der Waals surface area contributed by atoms with Gasteiger partial charge in [0.15, 0.2) is 0 Å². The highest BCUT2D eigenvalue weighted by Gasteiger charge is 2.29. The van der Waals surface area contributed by atoms with Gasteiger partial charge in [0.05, 0.1) is 19.3 Å². The number of amides is 1. The lowest BCUT2D eigenvalue weighted by molar-refractivity contribution is 0.0290. The third kappa shape index (κ3) is 7.23. The van der Waals surface area contributed by atoms with Gasteiger partial charge < -0.3 is 19.5 Å². The molecule has 1 N–H and O–H groups in total. The van der Waals surface area contributed by atoms with Crippen molar-refractivity contribution in [2.24, 2.45) is 5.92 Å². The van der Waals surface area contributed by atoms with Crippen LogP contribution in [0.1, 0.15) is 48.2 Å². The highest BCUT2D eigenvalue weighted by molar-refractivity contribution is 5.89. The number of benzene rings is 2. The first-order chi connectivity index (χ1) is 17.8. The molecule has 2 fully saturated rings. The predicted molar refractivity (Wildman–Crippen MR) is 142 cm³/mol. The molecule has 0 unspecified atom stereocenters. The van der Waals surface area contributed by atoms with E-state index in [0.717, 1.165) is 44.8 Å². The Morgan fingerprint density at radius 3 is 2.24 bits per heavy atom. The maximum absolute atomic E-state index is 11.7. The van der Waals surface area contributed by atoms with Crippen molar-refractivity contribution in [2.45, 2.75) is 51.9 Å². The molecule has 1 amide bonds. The maximum Gasteiger partial charge on any atom is 0.407 e. The number of hydrogen-bond acceptors (Lipinski definition) is 6. The van der Waals surface area contributed by atoms with E-state index in [1.54, 1.807) is 0 Å². The van der Waals surface area contributed by atoms with Gasteiger partial charge in [-0.2, -0.15) is 0 Å². The highest BCUT2D eigenvalue weighted by atomic mass is 16.5. The van der Waals surface area contributed by atoms with Crippen molar-refractivity contribution in [3.63, 3.8) is 0 Å². The van der Waals surface area contributed by atoms with Crippen LogP contribution < -0.4 is 4.74 Å². The smallest absolute Gasteiger partial charge is 0.407 e. The van der Waals surface area contributed by atoms with Crippen molar-refractivity contribution in [1.82, 2.24) is 14.7 Å².